The third-order valence-corrected chi connectivity index (χ3v) is 11.9. The fraction of sp³-hybridized carbons (Fsp3) is 0.694. The molecule has 0 bridgehead atoms. The van der Waals surface area contributed by atoms with E-state index in [1.807, 2.05) is 18.2 Å². The van der Waals surface area contributed by atoms with E-state index in [-0.39, 0.29) is 37.5 Å². The second-order valence-corrected chi connectivity index (χ2v) is 18.6. The summed E-state index contributed by atoms with van der Waals surface area (Å²) >= 11 is 0. The second-order valence-electron chi connectivity index (χ2n) is 18.6. The van der Waals surface area contributed by atoms with E-state index in [1.165, 1.54) is 122 Å². The zero-order chi connectivity index (χ0) is 49.3. The first-order valence-corrected chi connectivity index (χ1v) is 28.3. The average Bonchev–Trinajstić information content (AvgIpc) is 3.34. The van der Waals surface area contributed by atoms with Crippen LogP contribution in [0.1, 0.15) is 258 Å². The van der Waals surface area contributed by atoms with E-state index in [9.17, 15) is 14.4 Å². The SMILES string of the molecule is CC\C=C/C=C\C=C/C=C\CCCCCCCC(=O)OCC(COC(=O)CCCCCCCCCCCCCCCCCCCC)OC(=O)CCC/C=C\C/C=C\C/C=C\C/C=C\CCCCC. The zero-order valence-corrected chi connectivity index (χ0v) is 44.3. The Hall–Kier alpha value is -3.67. The maximum absolute atomic E-state index is 12.8. The van der Waals surface area contributed by atoms with Crippen molar-refractivity contribution in [2.24, 2.45) is 0 Å². The highest BCUT2D eigenvalue weighted by Gasteiger charge is 2.19. The van der Waals surface area contributed by atoms with Gasteiger partial charge in [-0.25, -0.2) is 0 Å². The van der Waals surface area contributed by atoms with Crippen molar-refractivity contribution in [3.05, 3.63) is 97.2 Å². The Labute approximate surface area is 419 Å². The molecule has 0 aliphatic carbocycles. The van der Waals surface area contributed by atoms with Gasteiger partial charge in [0.25, 0.3) is 0 Å². The Morgan fingerprint density at radius 3 is 1.10 bits per heavy atom. The lowest BCUT2D eigenvalue weighted by atomic mass is 10.0. The molecule has 0 saturated heterocycles. The Morgan fingerprint density at radius 1 is 0.324 bits per heavy atom. The van der Waals surface area contributed by atoms with Crippen molar-refractivity contribution in [3.63, 3.8) is 0 Å². The van der Waals surface area contributed by atoms with Crippen molar-refractivity contribution in [1.82, 2.24) is 0 Å². The molecule has 1 unspecified atom stereocenters. The lowest BCUT2D eigenvalue weighted by molar-refractivity contribution is -0.167. The van der Waals surface area contributed by atoms with E-state index in [0.717, 1.165) is 89.9 Å². The molecule has 0 spiro atoms. The van der Waals surface area contributed by atoms with Crippen LogP contribution < -0.4 is 0 Å². The van der Waals surface area contributed by atoms with Crippen LogP contribution in [0.3, 0.4) is 0 Å². The molecule has 0 aromatic heterocycles. The molecular formula is C62H104O6. The summed E-state index contributed by atoms with van der Waals surface area (Å²) in [5, 5.41) is 0. The second kappa shape index (κ2) is 55.9. The quantitative estimate of drug-likeness (QED) is 0.0199. The average molecular weight is 946 g/mol. The number of hydrogen-bond acceptors (Lipinski definition) is 6. The molecule has 0 rings (SSSR count). The van der Waals surface area contributed by atoms with Gasteiger partial charge in [-0.05, 0) is 77.0 Å². The van der Waals surface area contributed by atoms with Crippen LogP contribution in [0.4, 0.5) is 0 Å². The van der Waals surface area contributed by atoms with Crippen molar-refractivity contribution >= 4 is 17.9 Å². The van der Waals surface area contributed by atoms with E-state index >= 15 is 0 Å². The van der Waals surface area contributed by atoms with Gasteiger partial charge in [-0.15, -0.1) is 0 Å². The molecule has 0 aromatic carbocycles. The molecule has 0 amide bonds. The minimum absolute atomic E-state index is 0.106. The smallest absolute Gasteiger partial charge is 0.306 e. The number of carbonyl (C=O) groups is 3. The molecular weight excluding hydrogens is 841 g/mol. The fourth-order valence-corrected chi connectivity index (χ4v) is 7.68. The van der Waals surface area contributed by atoms with Crippen LogP contribution >= 0.6 is 0 Å². The molecule has 0 fully saturated rings. The number of esters is 3. The Balaban J connectivity index is 4.49. The first-order chi connectivity index (χ1) is 33.5. The molecule has 68 heavy (non-hydrogen) atoms. The van der Waals surface area contributed by atoms with Gasteiger partial charge in [0.05, 0.1) is 0 Å². The molecule has 0 N–H and O–H groups in total. The zero-order valence-electron chi connectivity index (χ0n) is 44.3. The number of hydrogen-bond donors (Lipinski definition) is 0. The third kappa shape index (κ3) is 53.3. The van der Waals surface area contributed by atoms with Gasteiger partial charge in [0.15, 0.2) is 6.10 Å². The summed E-state index contributed by atoms with van der Waals surface area (Å²) in [6, 6.07) is 0. The molecule has 0 saturated carbocycles. The van der Waals surface area contributed by atoms with Gasteiger partial charge in [-0.1, -0.05) is 259 Å². The summed E-state index contributed by atoms with van der Waals surface area (Å²) in [6.45, 7) is 6.42. The summed E-state index contributed by atoms with van der Waals surface area (Å²) in [6.07, 6.45) is 74.0. The van der Waals surface area contributed by atoms with E-state index in [2.05, 4.69) is 99.8 Å². The van der Waals surface area contributed by atoms with Crippen LogP contribution in [0.2, 0.25) is 0 Å². The number of allylic oxidation sites excluding steroid dienone is 16. The van der Waals surface area contributed by atoms with E-state index in [4.69, 9.17) is 14.2 Å². The monoisotopic (exact) mass is 945 g/mol. The van der Waals surface area contributed by atoms with Crippen molar-refractivity contribution in [2.75, 3.05) is 13.2 Å². The molecule has 6 nitrogen and oxygen atoms in total. The molecule has 388 valence electrons. The fourth-order valence-electron chi connectivity index (χ4n) is 7.68. The summed E-state index contributed by atoms with van der Waals surface area (Å²) < 4.78 is 16.8. The van der Waals surface area contributed by atoms with Crippen LogP contribution in [-0.2, 0) is 28.6 Å². The molecule has 0 radical (unpaired) electrons. The lowest BCUT2D eigenvalue weighted by Crippen LogP contribution is -2.30. The number of rotatable bonds is 50. The Morgan fingerprint density at radius 2 is 0.647 bits per heavy atom. The molecule has 0 aliphatic rings. The van der Waals surface area contributed by atoms with Crippen molar-refractivity contribution in [1.29, 1.82) is 0 Å². The van der Waals surface area contributed by atoms with Gasteiger partial charge in [0, 0.05) is 19.3 Å². The van der Waals surface area contributed by atoms with Gasteiger partial charge in [-0.2, -0.15) is 0 Å². The van der Waals surface area contributed by atoms with Crippen LogP contribution in [0, 0.1) is 0 Å². The highest BCUT2D eigenvalue weighted by Crippen LogP contribution is 2.16. The van der Waals surface area contributed by atoms with E-state index in [0.29, 0.717) is 19.3 Å². The molecule has 0 aromatic rings. The first-order valence-electron chi connectivity index (χ1n) is 28.3. The number of ether oxygens (including phenoxy) is 3. The van der Waals surface area contributed by atoms with Gasteiger partial charge in [-0.3, -0.25) is 14.4 Å². The Bertz CT molecular complexity index is 1360. The van der Waals surface area contributed by atoms with Crippen LogP contribution in [0.25, 0.3) is 0 Å². The van der Waals surface area contributed by atoms with Gasteiger partial charge < -0.3 is 14.2 Å². The number of carbonyl (C=O) groups excluding carboxylic acids is 3. The summed E-state index contributed by atoms with van der Waals surface area (Å²) in [4.78, 5) is 38.1. The van der Waals surface area contributed by atoms with Crippen molar-refractivity contribution in [3.8, 4) is 0 Å². The Kier molecular flexibility index (Phi) is 52.9. The van der Waals surface area contributed by atoms with Crippen LogP contribution in [-0.4, -0.2) is 37.2 Å². The largest absolute Gasteiger partial charge is 0.462 e. The summed E-state index contributed by atoms with van der Waals surface area (Å²) in [5.41, 5.74) is 0. The van der Waals surface area contributed by atoms with Crippen molar-refractivity contribution < 1.29 is 28.6 Å². The molecule has 1 atom stereocenters. The number of unbranched alkanes of at least 4 members (excludes halogenated alkanes) is 26. The minimum atomic E-state index is -0.816. The van der Waals surface area contributed by atoms with Gasteiger partial charge in [0.2, 0.25) is 0 Å². The van der Waals surface area contributed by atoms with Crippen LogP contribution in [0.15, 0.2) is 97.2 Å². The topological polar surface area (TPSA) is 78.9 Å². The molecule has 6 heteroatoms. The van der Waals surface area contributed by atoms with E-state index < -0.39 is 6.10 Å². The molecule has 0 heterocycles. The van der Waals surface area contributed by atoms with E-state index in [1.54, 1.807) is 0 Å². The molecule has 0 aliphatic heterocycles. The lowest BCUT2D eigenvalue weighted by Gasteiger charge is -2.18. The summed E-state index contributed by atoms with van der Waals surface area (Å²) in [5.74, 6) is -0.983. The minimum Gasteiger partial charge on any atom is -0.462 e. The predicted molar refractivity (Wildman–Crippen MR) is 293 cm³/mol. The highest BCUT2D eigenvalue weighted by molar-refractivity contribution is 5.71. The highest BCUT2D eigenvalue weighted by atomic mass is 16.6. The third-order valence-electron chi connectivity index (χ3n) is 11.9. The maximum atomic E-state index is 12.8. The first kappa shape index (κ1) is 64.3. The predicted octanol–water partition coefficient (Wildman–Crippen LogP) is 18.9. The normalized spacial score (nSPS) is 12.8. The standard InChI is InChI=1S/C62H104O6/c1-4-7-10-13-16-19-22-25-28-30-32-34-37-40-43-46-49-52-55-61(64)67-58-59(57-66-60(63)54-51-48-45-42-39-36-33-27-24-21-18-15-12-9-6-3)68-62(65)56-53-50-47-44-41-38-35-31-29-26-23-20-17-14-11-8-5-2/h9,12,15,17-18,20-21,24,26-27,29,33,35,38,44,47,59H,4-8,10-11,13-14,16,19,22-23,25,28,30-32,34,36-37,39-43,45-46,48-58H2,1-3H3/b12-9-,18-15-,20-17-,24-21-,29-26-,33-27-,38-35-,47-44-. The van der Waals surface area contributed by atoms with Crippen LogP contribution in [0.5, 0.6) is 0 Å². The van der Waals surface area contributed by atoms with Crippen molar-refractivity contribution in [2.45, 2.75) is 264 Å². The summed E-state index contributed by atoms with van der Waals surface area (Å²) in [7, 11) is 0. The maximum Gasteiger partial charge on any atom is 0.306 e. The van der Waals surface area contributed by atoms with Gasteiger partial charge >= 0.3 is 17.9 Å². The van der Waals surface area contributed by atoms with Gasteiger partial charge in [0.1, 0.15) is 13.2 Å².